The Morgan fingerprint density at radius 1 is 0.570 bits per heavy atom. The van der Waals surface area contributed by atoms with Gasteiger partial charge in [0.05, 0.1) is 52.6 Å². The van der Waals surface area contributed by atoms with E-state index in [4.69, 9.17) is 76.5 Å². The van der Waals surface area contributed by atoms with Crippen molar-refractivity contribution in [3.05, 3.63) is 149 Å². The number of anilines is 1. The van der Waals surface area contributed by atoms with Crippen LogP contribution in [0, 0.1) is 0 Å². The van der Waals surface area contributed by atoms with Gasteiger partial charge in [-0.05, 0) is 114 Å². The van der Waals surface area contributed by atoms with Crippen LogP contribution in [0.5, 0.6) is 34.5 Å². The summed E-state index contributed by atoms with van der Waals surface area (Å²) in [5, 5.41) is 4.28. The van der Waals surface area contributed by atoms with Gasteiger partial charge in [-0.3, -0.25) is 38.5 Å². The maximum absolute atomic E-state index is 12.6. The second-order valence-corrected chi connectivity index (χ2v) is 21.8. The molecule has 0 atom stereocenters. The number of nitrogens with zero attached hydrogens (tertiary/aromatic N) is 8. The van der Waals surface area contributed by atoms with E-state index in [1.54, 1.807) is 71.5 Å². The van der Waals surface area contributed by atoms with E-state index in [-0.39, 0.29) is 93.8 Å². The molecule has 7 heterocycles. The number of aryl methyl sites for hydroxylation is 1. The zero-order valence-electron chi connectivity index (χ0n) is 56.7. The van der Waals surface area contributed by atoms with Crippen molar-refractivity contribution in [1.29, 1.82) is 0 Å². The Hall–Kier alpha value is -9.29. The van der Waals surface area contributed by atoms with Crippen molar-refractivity contribution in [2.24, 2.45) is 26.4 Å². The highest BCUT2D eigenvalue weighted by atomic mass is 35.5. The third-order valence-electron chi connectivity index (χ3n) is 13.6. The van der Waals surface area contributed by atoms with E-state index in [1.165, 1.54) is 34.5 Å². The molecule has 0 radical (unpaired) electrons. The van der Waals surface area contributed by atoms with Crippen LogP contribution >= 0.6 is 85.9 Å². The van der Waals surface area contributed by atoms with Gasteiger partial charge in [0.1, 0.15) is 12.0 Å². The van der Waals surface area contributed by atoms with Crippen molar-refractivity contribution in [2.45, 2.75) is 45.4 Å². The Balaban J connectivity index is 0.000000591. The van der Waals surface area contributed by atoms with Gasteiger partial charge in [0, 0.05) is 98.3 Å². The first-order chi connectivity index (χ1) is 47.0. The number of thiocarbonyl (C=S) groups is 5. The molecule has 3 fully saturated rings. The number of carbonyl (C=O) groups excluding carboxylic acids is 7. The van der Waals surface area contributed by atoms with Crippen LogP contribution in [-0.4, -0.2) is 190 Å². The lowest BCUT2D eigenvalue weighted by atomic mass is 10.1. The number of hydrogen-bond acceptors (Lipinski definition) is 26. The van der Waals surface area contributed by atoms with Crippen LogP contribution in [0.2, 0.25) is 0 Å². The van der Waals surface area contributed by atoms with E-state index in [0.29, 0.717) is 75.8 Å². The molecule has 5 aromatic carbocycles. The number of fused-ring (bicyclic) bond motifs is 3. The Labute approximate surface area is 620 Å². The van der Waals surface area contributed by atoms with Crippen LogP contribution in [0.1, 0.15) is 66.1 Å². The number of methoxy groups -OCH3 is 2. The minimum atomic E-state index is -0.380. The van der Waals surface area contributed by atoms with E-state index < -0.39 is 0 Å². The summed E-state index contributed by atoms with van der Waals surface area (Å²) in [5.74, 6) is 4.15. The first-order valence-electron chi connectivity index (χ1n) is 29.6. The average Bonchev–Trinajstić information content (AvgIpc) is 1.66. The van der Waals surface area contributed by atoms with E-state index >= 15 is 0 Å². The molecule has 0 aromatic heterocycles. The maximum Gasteiger partial charge on any atom is 0.319 e. The van der Waals surface area contributed by atoms with Crippen molar-refractivity contribution in [2.75, 3.05) is 102 Å². The number of carbonyl (C=O) groups is 7. The molecule has 7 aliphatic rings. The molecule has 5 aromatic rings. The average molecular weight is 1510 g/mol. The molecule has 100 heavy (non-hydrogen) atoms. The molecule has 0 bridgehead atoms. The van der Waals surface area contributed by atoms with E-state index in [1.807, 2.05) is 90.8 Å². The normalized spacial score (nSPS) is 14.6. The minimum absolute atomic E-state index is 0. The van der Waals surface area contributed by atoms with E-state index in [9.17, 15) is 33.6 Å². The monoisotopic (exact) mass is 1510 g/mol. The summed E-state index contributed by atoms with van der Waals surface area (Å²) in [6.45, 7) is 2.82. The molecule has 0 spiro atoms. The smallest absolute Gasteiger partial charge is 0.319 e. The van der Waals surface area contributed by atoms with Crippen molar-refractivity contribution in [1.82, 2.24) is 19.6 Å². The van der Waals surface area contributed by atoms with Crippen LogP contribution in [0.15, 0.2) is 142 Å². The van der Waals surface area contributed by atoms with Gasteiger partial charge in [-0.1, -0.05) is 104 Å². The highest BCUT2D eigenvalue weighted by molar-refractivity contribution is 7.80. The summed E-state index contributed by atoms with van der Waals surface area (Å²) in [6, 6.07) is 36.5. The number of halogens is 2. The molecular formula is C68H80Cl2N10O15S5. The molecule has 7 aliphatic heterocycles. The van der Waals surface area contributed by atoms with Crippen molar-refractivity contribution in [3.8, 4) is 34.5 Å². The highest BCUT2D eigenvalue weighted by Crippen LogP contribution is 2.36. The molecule has 0 unspecified atom stereocenters. The van der Waals surface area contributed by atoms with Crippen LogP contribution in [0.25, 0.3) is 12.2 Å². The Kier molecular flexibility index (Phi) is 43.0. The number of nitrogens with two attached hydrogens (primary N) is 2. The molecule has 12 rings (SSSR count). The molecular weight excluding hydrogens is 1430 g/mol. The first kappa shape index (κ1) is 88.7. The number of likely N-dealkylation sites (tertiary alicyclic amines) is 3. The summed E-state index contributed by atoms with van der Waals surface area (Å²) in [4.78, 5) is 97.0. The van der Waals surface area contributed by atoms with Crippen LogP contribution in [0.4, 0.5) is 5.69 Å². The lowest BCUT2D eigenvalue weighted by molar-refractivity contribution is -0.139. The number of aliphatic imine (C=N–C) groups is 3. The number of esters is 2. The number of para-hydroxylation sites is 1. The fourth-order valence-electron chi connectivity index (χ4n) is 8.06. The fraction of sp³-hybridized carbons (Fsp3) is 0.309. The molecule has 0 saturated carbocycles. The third-order valence-corrected chi connectivity index (χ3v) is 15.3. The zero-order chi connectivity index (χ0) is 72.7. The molecule has 32 heteroatoms. The maximum atomic E-state index is 12.6. The van der Waals surface area contributed by atoms with Gasteiger partial charge in [0.2, 0.25) is 38.2 Å². The van der Waals surface area contributed by atoms with Crippen molar-refractivity contribution in [3.63, 3.8) is 0 Å². The summed E-state index contributed by atoms with van der Waals surface area (Å²) < 4.78 is 39.6. The number of aldehydes is 1. The molecule has 4 N–H and O–H groups in total. The number of ether oxygens (including phenoxy) is 8. The van der Waals surface area contributed by atoms with E-state index in [0.717, 1.165) is 58.1 Å². The lowest BCUT2D eigenvalue weighted by Crippen LogP contribution is -2.39. The Bertz CT molecular complexity index is 3690. The second kappa shape index (κ2) is 48.5. The fourth-order valence-corrected chi connectivity index (χ4v) is 8.71. The molecule has 3 saturated heterocycles. The summed E-state index contributed by atoms with van der Waals surface area (Å²) in [7, 11) is 14.5. The number of isothiocyanates is 2. The van der Waals surface area contributed by atoms with Gasteiger partial charge in [0.15, 0.2) is 34.5 Å². The van der Waals surface area contributed by atoms with Gasteiger partial charge in [-0.15, -0.1) is 24.8 Å². The third kappa shape index (κ3) is 29.7. The SMILES string of the molecule is CCc1ccccc1.CN1C(=O)/C(=C/c2ccc3c(c2)OCO3)CC1=S.CN1C(=O)/C(=C/c2ccc3c(c2)OCO3)N=C1N(C)c1ccccc1.CN1C(=O)CCC1=S.CN1C(=O)CCC1=S.CN=C=S.CN=C=S.COC(=O)CN.COC(=O)CN.Cl.Cl.O=Cc1ccc2c(c1)OCO2. The van der Waals surface area contributed by atoms with Crippen molar-refractivity contribution < 1.29 is 71.5 Å². The molecule has 4 amide bonds. The van der Waals surface area contributed by atoms with Gasteiger partial charge < -0.3 is 69.0 Å². The van der Waals surface area contributed by atoms with Gasteiger partial charge in [-0.25, -0.2) is 15.0 Å². The zero-order valence-corrected chi connectivity index (χ0v) is 62.4. The van der Waals surface area contributed by atoms with Crippen LogP contribution < -0.4 is 44.8 Å². The number of benzene rings is 5. The number of likely N-dealkylation sites (N-methyl/N-ethyl adjacent to an activating group) is 2. The summed E-state index contributed by atoms with van der Waals surface area (Å²) >= 11 is 23.0. The van der Waals surface area contributed by atoms with Gasteiger partial charge in [0.25, 0.3) is 11.8 Å². The van der Waals surface area contributed by atoms with Gasteiger partial charge in [-0.2, -0.15) is 0 Å². The Morgan fingerprint density at radius 2 is 0.960 bits per heavy atom. The molecule has 0 aliphatic carbocycles. The lowest BCUT2D eigenvalue weighted by Gasteiger charge is -2.23. The summed E-state index contributed by atoms with van der Waals surface area (Å²) in [6.07, 6.45) is 8.80. The quantitative estimate of drug-likeness (QED) is 0.0503. The molecule has 536 valence electrons. The Morgan fingerprint density at radius 3 is 1.27 bits per heavy atom. The van der Waals surface area contributed by atoms with Crippen LogP contribution in [0.3, 0.4) is 0 Å². The van der Waals surface area contributed by atoms with Crippen molar-refractivity contribution >= 4 is 177 Å². The number of amides is 4. The number of hydrogen-bond donors (Lipinski definition) is 2. The number of guanidine groups is 1. The highest BCUT2D eigenvalue weighted by Gasteiger charge is 2.31. The van der Waals surface area contributed by atoms with Gasteiger partial charge >= 0.3 is 11.9 Å². The first-order valence-corrected chi connectivity index (χ1v) is 31.6. The standard InChI is InChI=1S/C19H17N3O3.C13H11NO3S.C8H6O3.C8H10.2C5H7NOS.2C3H7NO2.2C2H3NS.2ClH/c1-21(14-6-4-3-5-7-14)19-20-15(18(23)22(19)2)10-13-8-9-16-17(11-13)25-12-24-16;1-14-12(18)6-9(13(14)15)4-8-2-3-10-11(5-8)17-7-16-10;9-4-6-1-2-7-8(3-6)11-5-10-7;1-2-8-6-4-3-5-7-8;2*1-6-4(7)2-3-5(6)8;2*1-6-3(5)2-4;2*1-3-2-4;;/h3-11H,12H2,1-2H3;2-5H,6-7H2,1H3;1-4H,5H2;3-7H,2H2,1H3;2*2-3H2,1H3;2*2,4H2,1H3;2*1H3;2*1H/b15-10-;9-4+;;;;;;;;;;. The largest absolute Gasteiger partial charge is 0.468 e. The second-order valence-electron chi connectivity index (χ2n) is 20.0. The molecule has 25 nitrogen and oxygen atoms in total. The summed E-state index contributed by atoms with van der Waals surface area (Å²) in [5.41, 5.74) is 15.5. The topological polar surface area (TPSA) is 299 Å². The minimum Gasteiger partial charge on any atom is -0.468 e. The predicted octanol–water partition coefficient (Wildman–Crippen LogP) is 9.84. The van der Waals surface area contributed by atoms with Crippen LogP contribution in [-0.2, 0) is 44.7 Å². The predicted molar refractivity (Wildman–Crippen MR) is 408 cm³/mol. The van der Waals surface area contributed by atoms with E-state index in [2.05, 4.69) is 90.4 Å². The number of rotatable bonds is 7.